The molecule has 2 heterocycles. The molecule has 0 bridgehead atoms. The molecule has 1 aliphatic carbocycles. The van der Waals surface area contributed by atoms with Gasteiger partial charge in [-0.25, -0.2) is 4.79 Å². The number of ketones is 1. The summed E-state index contributed by atoms with van der Waals surface area (Å²) in [7, 11) is 0. The van der Waals surface area contributed by atoms with Crippen molar-refractivity contribution in [2.24, 2.45) is 0 Å². The van der Waals surface area contributed by atoms with Gasteiger partial charge in [0.2, 0.25) is 0 Å². The van der Waals surface area contributed by atoms with Crippen molar-refractivity contribution in [1.29, 1.82) is 0 Å². The second-order valence-electron chi connectivity index (χ2n) is 5.90. The molecule has 0 aromatic carbocycles. The second kappa shape index (κ2) is 6.48. The summed E-state index contributed by atoms with van der Waals surface area (Å²) in [6.45, 7) is 2.55. The molecule has 2 aromatic rings. The van der Waals surface area contributed by atoms with Gasteiger partial charge in [-0.3, -0.25) is 24.0 Å². The number of H-pyrrole nitrogens is 1. The zero-order valence-electron chi connectivity index (χ0n) is 13.4. The standard InChI is InChI=1S/C16H20N4O4/c1-2-20-14(17)13(15(22)18-16(20)23)12(21)9-19(10-5-6-10)8-11-4-3-7-24-11/h3-4,7,10H,2,5-6,8-9,17H2,1H3,(H,18,22,23). The van der Waals surface area contributed by atoms with Crippen molar-refractivity contribution in [2.75, 3.05) is 12.3 Å². The first-order chi connectivity index (χ1) is 11.5. The highest BCUT2D eigenvalue weighted by Gasteiger charge is 2.32. The van der Waals surface area contributed by atoms with E-state index >= 15 is 0 Å². The molecule has 1 fully saturated rings. The van der Waals surface area contributed by atoms with Crippen molar-refractivity contribution in [3.8, 4) is 0 Å². The van der Waals surface area contributed by atoms with Crippen LogP contribution in [0.1, 0.15) is 35.9 Å². The molecule has 0 spiro atoms. The SMILES string of the molecule is CCn1c(N)c(C(=O)CN(Cc2ccco2)C2CC2)c(=O)[nH]c1=O. The summed E-state index contributed by atoms with van der Waals surface area (Å²) in [6.07, 6.45) is 3.60. The van der Waals surface area contributed by atoms with Gasteiger partial charge in [-0.15, -0.1) is 0 Å². The van der Waals surface area contributed by atoms with E-state index in [1.807, 2.05) is 11.0 Å². The molecule has 3 N–H and O–H groups in total. The first kappa shape index (κ1) is 16.3. The fraction of sp³-hybridized carbons (Fsp3) is 0.438. The van der Waals surface area contributed by atoms with Crippen LogP contribution in [0.5, 0.6) is 0 Å². The van der Waals surface area contributed by atoms with E-state index in [0.717, 1.165) is 18.6 Å². The van der Waals surface area contributed by atoms with Crippen molar-refractivity contribution in [3.05, 3.63) is 50.6 Å². The summed E-state index contributed by atoms with van der Waals surface area (Å²) in [4.78, 5) is 40.5. The van der Waals surface area contributed by atoms with E-state index in [0.29, 0.717) is 12.6 Å². The maximum Gasteiger partial charge on any atom is 0.329 e. The van der Waals surface area contributed by atoms with Crippen LogP contribution in [0.25, 0.3) is 0 Å². The molecule has 0 aliphatic heterocycles. The van der Waals surface area contributed by atoms with E-state index in [-0.39, 0.29) is 24.5 Å². The summed E-state index contributed by atoms with van der Waals surface area (Å²) >= 11 is 0. The van der Waals surface area contributed by atoms with Crippen molar-refractivity contribution in [1.82, 2.24) is 14.5 Å². The largest absolute Gasteiger partial charge is 0.468 e. The smallest absolute Gasteiger partial charge is 0.329 e. The van der Waals surface area contributed by atoms with E-state index in [4.69, 9.17) is 10.2 Å². The fourth-order valence-electron chi connectivity index (χ4n) is 2.79. The van der Waals surface area contributed by atoms with Crippen LogP contribution in [-0.4, -0.2) is 32.8 Å². The molecule has 0 atom stereocenters. The molecule has 0 unspecified atom stereocenters. The Kier molecular flexibility index (Phi) is 4.39. The lowest BCUT2D eigenvalue weighted by Gasteiger charge is -2.20. The normalized spacial score (nSPS) is 14.2. The van der Waals surface area contributed by atoms with Gasteiger partial charge in [0.05, 0.1) is 19.4 Å². The minimum Gasteiger partial charge on any atom is -0.468 e. The molecule has 24 heavy (non-hydrogen) atoms. The lowest BCUT2D eigenvalue weighted by Crippen LogP contribution is -2.39. The van der Waals surface area contributed by atoms with Crippen LogP contribution in [0.3, 0.4) is 0 Å². The number of hydrogen-bond donors (Lipinski definition) is 2. The van der Waals surface area contributed by atoms with Gasteiger partial charge in [0, 0.05) is 12.6 Å². The average molecular weight is 332 g/mol. The van der Waals surface area contributed by atoms with Crippen LogP contribution in [0.15, 0.2) is 32.4 Å². The number of furan rings is 1. The number of nitrogen functional groups attached to an aromatic ring is 1. The van der Waals surface area contributed by atoms with Gasteiger partial charge in [0.15, 0.2) is 5.78 Å². The van der Waals surface area contributed by atoms with Crippen LogP contribution in [-0.2, 0) is 13.1 Å². The van der Waals surface area contributed by atoms with Crippen molar-refractivity contribution < 1.29 is 9.21 Å². The van der Waals surface area contributed by atoms with E-state index in [9.17, 15) is 14.4 Å². The van der Waals surface area contributed by atoms with Crippen LogP contribution in [0.4, 0.5) is 5.82 Å². The zero-order chi connectivity index (χ0) is 17.3. The van der Waals surface area contributed by atoms with E-state index in [2.05, 4.69) is 4.98 Å². The predicted octanol–water partition coefficient (Wildman–Crippen LogP) is 0.579. The van der Waals surface area contributed by atoms with Gasteiger partial charge in [0.25, 0.3) is 5.56 Å². The third-order valence-corrected chi connectivity index (χ3v) is 4.18. The maximum atomic E-state index is 12.6. The number of anilines is 1. The Bertz CT molecular complexity index is 846. The number of nitrogens with zero attached hydrogens (tertiary/aromatic N) is 2. The molecule has 3 rings (SSSR count). The Morgan fingerprint density at radius 1 is 1.46 bits per heavy atom. The summed E-state index contributed by atoms with van der Waals surface area (Å²) in [5.41, 5.74) is 4.39. The van der Waals surface area contributed by atoms with Gasteiger partial charge >= 0.3 is 5.69 Å². The first-order valence-corrected chi connectivity index (χ1v) is 7.93. The van der Waals surface area contributed by atoms with Crippen LogP contribution < -0.4 is 17.0 Å². The number of nitrogens with one attached hydrogen (secondary N) is 1. The Hall–Kier alpha value is -2.61. The minimum atomic E-state index is -0.735. The van der Waals surface area contributed by atoms with Gasteiger partial charge < -0.3 is 10.2 Å². The van der Waals surface area contributed by atoms with Gasteiger partial charge in [-0.2, -0.15) is 0 Å². The lowest BCUT2D eigenvalue weighted by molar-refractivity contribution is 0.0912. The van der Waals surface area contributed by atoms with Crippen molar-refractivity contribution in [2.45, 2.75) is 38.9 Å². The van der Waals surface area contributed by atoms with Gasteiger partial charge in [-0.1, -0.05) is 0 Å². The minimum absolute atomic E-state index is 0.0561. The highest BCUT2D eigenvalue weighted by Crippen LogP contribution is 2.28. The average Bonchev–Trinajstić information content (AvgIpc) is 3.24. The van der Waals surface area contributed by atoms with Crippen LogP contribution >= 0.6 is 0 Å². The number of carbonyl (C=O) groups is 1. The number of rotatable bonds is 7. The number of aromatic nitrogens is 2. The fourth-order valence-corrected chi connectivity index (χ4v) is 2.79. The van der Waals surface area contributed by atoms with Crippen molar-refractivity contribution >= 4 is 11.6 Å². The third-order valence-electron chi connectivity index (χ3n) is 4.18. The zero-order valence-corrected chi connectivity index (χ0v) is 13.4. The monoisotopic (exact) mass is 332 g/mol. The molecule has 1 saturated carbocycles. The van der Waals surface area contributed by atoms with Crippen LogP contribution in [0, 0.1) is 0 Å². The van der Waals surface area contributed by atoms with Gasteiger partial charge in [-0.05, 0) is 31.9 Å². The van der Waals surface area contributed by atoms with Crippen LogP contribution in [0.2, 0.25) is 0 Å². The summed E-state index contributed by atoms with van der Waals surface area (Å²) < 4.78 is 6.52. The number of carbonyl (C=O) groups excluding carboxylic acids is 1. The number of aromatic amines is 1. The number of Topliss-reactive ketones (excluding diaryl/α,β-unsaturated/α-hetero) is 1. The number of nitrogens with two attached hydrogens (primary N) is 1. The highest BCUT2D eigenvalue weighted by molar-refractivity contribution is 6.01. The molecule has 1 aliphatic rings. The maximum absolute atomic E-state index is 12.6. The van der Waals surface area contributed by atoms with E-state index in [1.165, 1.54) is 4.57 Å². The topological polar surface area (TPSA) is 114 Å². The molecule has 8 nitrogen and oxygen atoms in total. The van der Waals surface area contributed by atoms with E-state index < -0.39 is 17.0 Å². The second-order valence-corrected chi connectivity index (χ2v) is 5.90. The summed E-state index contributed by atoms with van der Waals surface area (Å²) in [5.74, 6) is 0.287. The molecule has 0 saturated heterocycles. The van der Waals surface area contributed by atoms with E-state index in [1.54, 1.807) is 19.3 Å². The quantitative estimate of drug-likeness (QED) is 0.717. The van der Waals surface area contributed by atoms with Crippen molar-refractivity contribution in [3.63, 3.8) is 0 Å². The Balaban J connectivity index is 1.86. The lowest BCUT2D eigenvalue weighted by atomic mass is 10.1. The Morgan fingerprint density at radius 2 is 2.21 bits per heavy atom. The van der Waals surface area contributed by atoms with Gasteiger partial charge in [0.1, 0.15) is 17.1 Å². The summed E-state index contributed by atoms with van der Waals surface area (Å²) in [5, 5.41) is 0. The highest BCUT2D eigenvalue weighted by atomic mass is 16.3. The predicted molar refractivity (Wildman–Crippen MR) is 87.9 cm³/mol. The first-order valence-electron chi connectivity index (χ1n) is 7.93. The molecule has 128 valence electrons. The summed E-state index contributed by atoms with van der Waals surface area (Å²) in [6, 6.07) is 3.94. The Morgan fingerprint density at radius 3 is 2.79 bits per heavy atom. The number of hydrogen-bond acceptors (Lipinski definition) is 6. The Labute approximate surface area is 137 Å². The third kappa shape index (κ3) is 3.18. The molecular weight excluding hydrogens is 312 g/mol. The molecule has 2 aromatic heterocycles. The molecule has 0 amide bonds. The molecule has 8 heteroatoms. The molecular formula is C16H20N4O4. The molecule has 0 radical (unpaired) electrons.